The Hall–Kier alpha value is -4.01. The number of pyridine rings is 2. The molecule has 3 aromatic heterocycles. The van der Waals surface area contributed by atoms with Crippen molar-refractivity contribution in [3.63, 3.8) is 0 Å². The van der Waals surface area contributed by atoms with Crippen LogP contribution in [0.3, 0.4) is 0 Å². The Morgan fingerprint density at radius 1 is 1.03 bits per heavy atom. The average Bonchev–Trinajstić information content (AvgIpc) is 3.11. The molecule has 0 atom stereocenters. The van der Waals surface area contributed by atoms with Gasteiger partial charge in [-0.15, -0.1) is 0 Å². The lowest BCUT2D eigenvalue weighted by atomic mass is 9.98. The van der Waals surface area contributed by atoms with Crippen LogP contribution in [0.25, 0.3) is 22.2 Å². The number of benzene rings is 1. The van der Waals surface area contributed by atoms with Crippen LogP contribution in [-0.2, 0) is 0 Å². The summed E-state index contributed by atoms with van der Waals surface area (Å²) in [6.07, 6.45) is 3.90. The fourth-order valence-electron chi connectivity index (χ4n) is 3.03. The van der Waals surface area contributed by atoms with Crippen LogP contribution in [-0.4, -0.2) is 26.6 Å². The van der Waals surface area contributed by atoms with Gasteiger partial charge in [-0.05, 0) is 30.3 Å². The van der Waals surface area contributed by atoms with E-state index >= 15 is 0 Å². The van der Waals surface area contributed by atoms with E-state index in [1.807, 2.05) is 0 Å². The van der Waals surface area contributed by atoms with E-state index in [9.17, 15) is 22.8 Å². The van der Waals surface area contributed by atoms with Gasteiger partial charge in [0.15, 0.2) is 0 Å². The minimum absolute atomic E-state index is 0.0990. The van der Waals surface area contributed by atoms with Gasteiger partial charge in [0.05, 0.1) is 11.1 Å². The average molecular weight is 396 g/mol. The SMILES string of the molecule is NC(=O)c1ccc(F)c(C(=O)c2c[nH]c3ncc(-c4cccnc4F)cc23)c1F. The predicted molar refractivity (Wildman–Crippen MR) is 97.6 cm³/mol. The number of ketones is 1. The van der Waals surface area contributed by atoms with E-state index in [-0.39, 0.29) is 22.2 Å². The molecule has 3 heterocycles. The summed E-state index contributed by atoms with van der Waals surface area (Å²) >= 11 is 0. The summed E-state index contributed by atoms with van der Waals surface area (Å²) in [6, 6.07) is 6.13. The van der Waals surface area contributed by atoms with Crippen molar-refractivity contribution >= 4 is 22.7 Å². The molecule has 29 heavy (non-hydrogen) atoms. The van der Waals surface area contributed by atoms with Crippen molar-refractivity contribution in [2.45, 2.75) is 0 Å². The van der Waals surface area contributed by atoms with Crippen LogP contribution in [0.15, 0.2) is 48.9 Å². The van der Waals surface area contributed by atoms with Gasteiger partial charge in [-0.3, -0.25) is 9.59 Å². The maximum absolute atomic E-state index is 14.6. The van der Waals surface area contributed by atoms with Gasteiger partial charge in [0.25, 0.3) is 5.91 Å². The first-order valence-electron chi connectivity index (χ1n) is 8.29. The maximum Gasteiger partial charge on any atom is 0.251 e. The number of nitrogens with one attached hydrogen (secondary N) is 1. The van der Waals surface area contributed by atoms with Gasteiger partial charge < -0.3 is 10.7 Å². The second-order valence-electron chi connectivity index (χ2n) is 6.14. The number of carbonyl (C=O) groups is 2. The first-order chi connectivity index (χ1) is 13.9. The van der Waals surface area contributed by atoms with Crippen LogP contribution in [0.2, 0.25) is 0 Å². The quantitative estimate of drug-likeness (QED) is 0.408. The highest BCUT2D eigenvalue weighted by atomic mass is 19.1. The van der Waals surface area contributed by atoms with Crippen molar-refractivity contribution in [3.05, 3.63) is 83.2 Å². The van der Waals surface area contributed by atoms with Crippen molar-refractivity contribution in [3.8, 4) is 11.1 Å². The van der Waals surface area contributed by atoms with Gasteiger partial charge in [0, 0.05) is 40.7 Å². The summed E-state index contributed by atoms with van der Waals surface area (Å²) < 4.78 is 42.8. The first-order valence-corrected chi connectivity index (χ1v) is 8.29. The molecule has 0 aliphatic carbocycles. The molecule has 0 saturated carbocycles. The Morgan fingerprint density at radius 2 is 1.83 bits per heavy atom. The van der Waals surface area contributed by atoms with Crippen LogP contribution < -0.4 is 5.73 Å². The van der Waals surface area contributed by atoms with Crippen molar-refractivity contribution < 1.29 is 22.8 Å². The zero-order valence-corrected chi connectivity index (χ0v) is 14.5. The summed E-state index contributed by atoms with van der Waals surface area (Å²) in [4.78, 5) is 34.6. The molecule has 4 rings (SSSR count). The molecule has 0 bridgehead atoms. The standard InChI is InChI=1S/C20H11F3N4O2/c21-14-4-3-11(19(24)29)16(22)15(14)17(28)13-8-27-20-12(13)6-9(7-26-20)10-2-1-5-25-18(10)23/h1-8H,(H2,24,29)(H,26,27). The minimum Gasteiger partial charge on any atom is -0.366 e. The Bertz CT molecular complexity index is 1300. The van der Waals surface area contributed by atoms with Crippen LogP contribution in [0, 0.1) is 17.6 Å². The van der Waals surface area contributed by atoms with Crippen molar-refractivity contribution in [2.75, 3.05) is 0 Å². The molecule has 0 aliphatic heterocycles. The van der Waals surface area contributed by atoms with Gasteiger partial charge in [0.1, 0.15) is 17.3 Å². The van der Waals surface area contributed by atoms with Crippen LogP contribution >= 0.6 is 0 Å². The van der Waals surface area contributed by atoms with E-state index < -0.39 is 40.4 Å². The van der Waals surface area contributed by atoms with E-state index in [2.05, 4.69) is 15.0 Å². The third-order valence-corrected chi connectivity index (χ3v) is 4.43. The Kier molecular flexibility index (Phi) is 4.34. The highest BCUT2D eigenvalue weighted by Gasteiger charge is 2.26. The second kappa shape index (κ2) is 6.86. The largest absolute Gasteiger partial charge is 0.366 e. The van der Waals surface area contributed by atoms with E-state index in [1.165, 1.54) is 36.8 Å². The number of fused-ring (bicyclic) bond motifs is 1. The van der Waals surface area contributed by atoms with Crippen LogP contribution in [0.4, 0.5) is 13.2 Å². The summed E-state index contributed by atoms with van der Waals surface area (Å²) in [5.41, 5.74) is 4.18. The number of nitrogens with two attached hydrogens (primary N) is 1. The molecule has 0 fully saturated rings. The molecule has 144 valence electrons. The molecule has 0 saturated heterocycles. The number of H-pyrrole nitrogens is 1. The summed E-state index contributed by atoms with van der Waals surface area (Å²) in [5, 5.41) is 0.221. The number of aromatic nitrogens is 3. The number of hydrogen-bond acceptors (Lipinski definition) is 4. The zero-order valence-electron chi connectivity index (χ0n) is 14.5. The fourth-order valence-corrected chi connectivity index (χ4v) is 3.03. The monoisotopic (exact) mass is 396 g/mol. The van der Waals surface area contributed by atoms with Gasteiger partial charge in [-0.2, -0.15) is 4.39 Å². The van der Waals surface area contributed by atoms with Gasteiger partial charge in [0.2, 0.25) is 11.7 Å². The summed E-state index contributed by atoms with van der Waals surface area (Å²) in [5.74, 6) is -5.37. The number of primary amides is 1. The maximum atomic E-state index is 14.6. The number of carbonyl (C=O) groups excluding carboxylic acids is 2. The van der Waals surface area contributed by atoms with Crippen LogP contribution in [0.5, 0.6) is 0 Å². The van der Waals surface area contributed by atoms with E-state index in [1.54, 1.807) is 0 Å². The van der Waals surface area contributed by atoms with Gasteiger partial charge in [-0.25, -0.2) is 18.7 Å². The third kappa shape index (κ3) is 3.02. The number of amides is 1. The summed E-state index contributed by atoms with van der Waals surface area (Å²) in [7, 11) is 0. The lowest BCUT2D eigenvalue weighted by molar-refractivity contribution is 0.0996. The number of rotatable bonds is 4. The molecule has 4 aromatic rings. The van der Waals surface area contributed by atoms with E-state index in [0.717, 1.165) is 12.1 Å². The number of aromatic amines is 1. The molecule has 0 radical (unpaired) electrons. The zero-order chi connectivity index (χ0) is 20.7. The molecule has 9 heteroatoms. The highest BCUT2D eigenvalue weighted by molar-refractivity contribution is 6.17. The van der Waals surface area contributed by atoms with E-state index in [4.69, 9.17) is 5.73 Å². The lowest BCUT2D eigenvalue weighted by Gasteiger charge is -2.07. The van der Waals surface area contributed by atoms with Crippen LogP contribution in [0.1, 0.15) is 26.3 Å². The molecule has 3 N–H and O–H groups in total. The second-order valence-corrected chi connectivity index (χ2v) is 6.14. The van der Waals surface area contributed by atoms with Crippen molar-refractivity contribution in [1.82, 2.24) is 15.0 Å². The highest BCUT2D eigenvalue weighted by Crippen LogP contribution is 2.28. The van der Waals surface area contributed by atoms with Crippen molar-refractivity contribution in [2.24, 2.45) is 5.73 Å². The smallest absolute Gasteiger partial charge is 0.251 e. The number of halogens is 3. The van der Waals surface area contributed by atoms with Crippen molar-refractivity contribution in [1.29, 1.82) is 0 Å². The Morgan fingerprint density at radius 3 is 2.55 bits per heavy atom. The molecule has 0 unspecified atom stereocenters. The Labute approximate surface area is 161 Å². The number of nitrogens with zero attached hydrogens (tertiary/aromatic N) is 2. The number of hydrogen-bond donors (Lipinski definition) is 2. The molecular formula is C20H11F3N4O2. The van der Waals surface area contributed by atoms with E-state index in [0.29, 0.717) is 5.56 Å². The molecule has 1 amide bonds. The lowest BCUT2D eigenvalue weighted by Crippen LogP contribution is -2.17. The third-order valence-electron chi connectivity index (χ3n) is 4.43. The summed E-state index contributed by atoms with van der Waals surface area (Å²) in [6.45, 7) is 0. The molecule has 0 spiro atoms. The normalized spacial score (nSPS) is 11.0. The molecule has 1 aromatic carbocycles. The molecular weight excluding hydrogens is 385 g/mol. The fraction of sp³-hybridized carbons (Fsp3) is 0. The first kappa shape index (κ1) is 18.4. The minimum atomic E-state index is -1.35. The topological polar surface area (TPSA) is 102 Å². The Balaban J connectivity index is 1.88. The predicted octanol–water partition coefficient (Wildman–Crippen LogP) is 3.37. The molecule has 0 aliphatic rings. The molecule has 6 nitrogen and oxygen atoms in total. The van der Waals surface area contributed by atoms with Gasteiger partial charge >= 0.3 is 0 Å². The van der Waals surface area contributed by atoms with Gasteiger partial charge in [-0.1, -0.05) is 0 Å².